The van der Waals surface area contributed by atoms with Crippen LogP contribution in [0.25, 0.3) is 0 Å². The number of halogens is 1. The maximum absolute atomic E-state index is 12.3. The Hall–Kier alpha value is -1.61. The van der Waals surface area contributed by atoms with E-state index in [2.05, 4.69) is 27.3 Å². The van der Waals surface area contributed by atoms with Crippen molar-refractivity contribution in [2.75, 3.05) is 5.32 Å². The minimum Gasteiger partial charge on any atom is -0.322 e. The van der Waals surface area contributed by atoms with E-state index in [-0.39, 0.29) is 5.91 Å². The zero-order chi connectivity index (χ0) is 13.9. The maximum Gasteiger partial charge on any atom is 0.255 e. The van der Waals surface area contributed by atoms with Crippen LogP contribution in [0.2, 0.25) is 0 Å². The summed E-state index contributed by atoms with van der Waals surface area (Å²) >= 11 is 3.38. The smallest absolute Gasteiger partial charge is 0.255 e. The van der Waals surface area contributed by atoms with Gasteiger partial charge in [0.25, 0.3) is 5.91 Å². The number of rotatable bonds is 2. The first-order valence-corrected chi connectivity index (χ1v) is 7.71. The molecule has 0 saturated carbocycles. The SMILES string of the molecule is O=C(Nc1cccc2c1CCCC2)c1ccc(Br)cc1. The minimum atomic E-state index is -0.0449. The number of anilines is 1. The molecule has 3 heteroatoms. The largest absolute Gasteiger partial charge is 0.322 e. The normalized spacial score (nSPS) is 13.7. The monoisotopic (exact) mass is 329 g/mol. The van der Waals surface area contributed by atoms with Gasteiger partial charge < -0.3 is 5.32 Å². The molecular formula is C17H16BrNO. The summed E-state index contributed by atoms with van der Waals surface area (Å²) in [5, 5.41) is 3.05. The summed E-state index contributed by atoms with van der Waals surface area (Å²) in [4.78, 5) is 12.3. The van der Waals surface area contributed by atoms with Gasteiger partial charge >= 0.3 is 0 Å². The molecule has 0 aliphatic heterocycles. The minimum absolute atomic E-state index is 0.0449. The van der Waals surface area contributed by atoms with Gasteiger partial charge in [0.15, 0.2) is 0 Å². The van der Waals surface area contributed by atoms with Gasteiger partial charge in [0.1, 0.15) is 0 Å². The Labute approximate surface area is 127 Å². The number of aryl methyl sites for hydroxylation is 1. The highest BCUT2D eigenvalue weighted by Crippen LogP contribution is 2.28. The summed E-state index contributed by atoms with van der Waals surface area (Å²) in [6.07, 6.45) is 4.64. The number of carbonyl (C=O) groups is 1. The predicted octanol–water partition coefficient (Wildman–Crippen LogP) is 4.58. The van der Waals surface area contributed by atoms with Gasteiger partial charge in [-0.3, -0.25) is 4.79 Å². The summed E-state index contributed by atoms with van der Waals surface area (Å²) in [5.74, 6) is -0.0449. The third kappa shape index (κ3) is 2.78. The van der Waals surface area contributed by atoms with Crippen LogP contribution in [-0.2, 0) is 12.8 Å². The van der Waals surface area contributed by atoms with Gasteiger partial charge in [-0.15, -0.1) is 0 Å². The van der Waals surface area contributed by atoms with Crippen LogP contribution in [0, 0.1) is 0 Å². The van der Waals surface area contributed by atoms with Gasteiger partial charge in [-0.25, -0.2) is 0 Å². The van der Waals surface area contributed by atoms with E-state index in [9.17, 15) is 4.79 Å². The Kier molecular flexibility index (Phi) is 3.88. The zero-order valence-corrected chi connectivity index (χ0v) is 12.7. The van der Waals surface area contributed by atoms with Crippen molar-refractivity contribution in [3.8, 4) is 0 Å². The van der Waals surface area contributed by atoms with Crippen LogP contribution in [0.5, 0.6) is 0 Å². The summed E-state index contributed by atoms with van der Waals surface area (Å²) in [6.45, 7) is 0. The number of carbonyl (C=O) groups excluding carboxylic acids is 1. The molecule has 102 valence electrons. The number of amides is 1. The van der Waals surface area contributed by atoms with Crippen molar-refractivity contribution < 1.29 is 4.79 Å². The molecule has 2 aromatic rings. The van der Waals surface area contributed by atoms with Crippen molar-refractivity contribution in [3.63, 3.8) is 0 Å². The Morgan fingerprint density at radius 2 is 1.75 bits per heavy atom. The second kappa shape index (κ2) is 5.80. The number of fused-ring (bicyclic) bond motifs is 1. The van der Waals surface area contributed by atoms with Gasteiger partial charge in [0, 0.05) is 15.7 Å². The van der Waals surface area contributed by atoms with Gasteiger partial charge in [-0.05, 0) is 67.1 Å². The van der Waals surface area contributed by atoms with Gasteiger partial charge in [-0.1, -0.05) is 28.1 Å². The van der Waals surface area contributed by atoms with E-state index in [0.717, 1.165) is 23.0 Å². The van der Waals surface area contributed by atoms with Crippen molar-refractivity contribution in [2.45, 2.75) is 25.7 Å². The van der Waals surface area contributed by atoms with Gasteiger partial charge in [0.05, 0.1) is 0 Å². The Bertz CT molecular complexity index is 634. The van der Waals surface area contributed by atoms with Crippen LogP contribution in [0.4, 0.5) is 5.69 Å². The van der Waals surface area contributed by atoms with Crippen LogP contribution >= 0.6 is 15.9 Å². The second-order valence-corrected chi connectivity index (χ2v) is 6.03. The van der Waals surface area contributed by atoms with Crippen molar-refractivity contribution in [1.29, 1.82) is 0 Å². The van der Waals surface area contributed by atoms with E-state index in [1.54, 1.807) is 0 Å². The molecule has 20 heavy (non-hydrogen) atoms. The second-order valence-electron chi connectivity index (χ2n) is 5.11. The molecule has 1 aliphatic carbocycles. The zero-order valence-electron chi connectivity index (χ0n) is 11.2. The van der Waals surface area contributed by atoms with E-state index in [4.69, 9.17) is 0 Å². The first-order valence-electron chi connectivity index (χ1n) is 6.92. The number of hydrogen-bond donors (Lipinski definition) is 1. The van der Waals surface area contributed by atoms with Gasteiger partial charge in [-0.2, -0.15) is 0 Å². The molecule has 1 aliphatic rings. The lowest BCUT2D eigenvalue weighted by atomic mass is 9.90. The Balaban J connectivity index is 1.84. The van der Waals surface area contributed by atoms with Crippen LogP contribution in [0.1, 0.15) is 34.3 Å². The van der Waals surface area contributed by atoms with Crippen molar-refractivity contribution in [3.05, 3.63) is 63.6 Å². The molecule has 1 amide bonds. The molecule has 0 spiro atoms. The average Bonchev–Trinajstić information content (AvgIpc) is 2.48. The lowest BCUT2D eigenvalue weighted by Gasteiger charge is -2.19. The summed E-state index contributed by atoms with van der Waals surface area (Å²) in [6, 6.07) is 13.6. The fraction of sp³-hybridized carbons (Fsp3) is 0.235. The van der Waals surface area contributed by atoms with Crippen molar-refractivity contribution in [1.82, 2.24) is 0 Å². The first-order chi connectivity index (χ1) is 9.74. The molecule has 3 rings (SSSR count). The lowest BCUT2D eigenvalue weighted by molar-refractivity contribution is 0.102. The highest BCUT2D eigenvalue weighted by atomic mass is 79.9. The van der Waals surface area contributed by atoms with Crippen molar-refractivity contribution in [2.24, 2.45) is 0 Å². The third-order valence-electron chi connectivity index (χ3n) is 3.75. The van der Waals surface area contributed by atoms with Gasteiger partial charge in [0.2, 0.25) is 0 Å². The summed E-state index contributed by atoms with van der Waals surface area (Å²) < 4.78 is 0.978. The van der Waals surface area contributed by atoms with E-state index in [0.29, 0.717) is 5.56 Å². The lowest BCUT2D eigenvalue weighted by Crippen LogP contribution is -2.15. The van der Waals surface area contributed by atoms with Crippen LogP contribution in [-0.4, -0.2) is 5.91 Å². The highest BCUT2D eigenvalue weighted by molar-refractivity contribution is 9.10. The Morgan fingerprint density at radius 3 is 2.55 bits per heavy atom. The molecule has 0 radical (unpaired) electrons. The molecule has 0 fully saturated rings. The molecule has 0 atom stereocenters. The summed E-state index contributed by atoms with van der Waals surface area (Å²) in [7, 11) is 0. The standard InChI is InChI=1S/C17H16BrNO/c18-14-10-8-13(9-11-14)17(20)19-16-7-3-5-12-4-1-2-6-15(12)16/h3,5,7-11H,1-2,4,6H2,(H,19,20). The summed E-state index contributed by atoms with van der Waals surface area (Å²) in [5.41, 5.74) is 4.34. The average molecular weight is 330 g/mol. The third-order valence-corrected chi connectivity index (χ3v) is 4.28. The van der Waals surface area contributed by atoms with E-state index >= 15 is 0 Å². The van der Waals surface area contributed by atoms with Crippen molar-refractivity contribution >= 4 is 27.5 Å². The molecule has 0 unspecified atom stereocenters. The topological polar surface area (TPSA) is 29.1 Å². The highest BCUT2D eigenvalue weighted by Gasteiger charge is 2.14. The number of nitrogens with one attached hydrogen (secondary N) is 1. The molecule has 0 aromatic heterocycles. The molecule has 1 N–H and O–H groups in total. The predicted molar refractivity (Wildman–Crippen MR) is 85.2 cm³/mol. The molecule has 0 saturated heterocycles. The molecule has 2 aromatic carbocycles. The molecule has 2 nitrogen and oxygen atoms in total. The van der Waals surface area contributed by atoms with E-state index in [1.807, 2.05) is 36.4 Å². The van der Waals surface area contributed by atoms with E-state index in [1.165, 1.54) is 24.0 Å². The Morgan fingerprint density at radius 1 is 1.00 bits per heavy atom. The number of hydrogen-bond acceptors (Lipinski definition) is 1. The quantitative estimate of drug-likeness (QED) is 0.858. The fourth-order valence-electron chi connectivity index (χ4n) is 2.69. The van der Waals surface area contributed by atoms with Crippen LogP contribution in [0.15, 0.2) is 46.9 Å². The van der Waals surface area contributed by atoms with E-state index < -0.39 is 0 Å². The molecule has 0 heterocycles. The number of benzene rings is 2. The molecule has 0 bridgehead atoms. The first kappa shape index (κ1) is 13.4. The molecular weight excluding hydrogens is 314 g/mol. The van der Waals surface area contributed by atoms with Crippen LogP contribution in [0.3, 0.4) is 0 Å². The fourth-order valence-corrected chi connectivity index (χ4v) is 2.96. The maximum atomic E-state index is 12.3. The van der Waals surface area contributed by atoms with Crippen LogP contribution < -0.4 is 5.32 Å².